The maximum absolute atomic E-state index is 12.6. The lowest BCUT2D eigenvalue weighted by Crippen LogP contribution is -2.45. The molecule has 3 unspecified atom stereocenters. The molecular weight excluding hydrogens is 286 g/mol. The molecule has 7 heteroatoms. The molecule has 0 aromatic carbocycles. The predicted molar refractivity (Wildman–Crippen MR) is 80.9 cm³/mol. The molecule has 1 aliphatic carbocycles. The molecule has 1 aromatic rings. The molecule has 6 nitrogen and oxygen atoms in total. The van der Waals surface area contributed by atoms with Gasteiger partial charge in [0.25, 0.3) is 0 Å². The molecule has 2 aliphatic rings. The second-order valence-electron chi connectivity index (χ2n) is 6.59. The van der Waals surface area contributed by atoms with Crippen molar-refractivity contribution in [1.29, 1.82) is 0 Å². The highest BCUT2D eigenvalue weighted by Gasteiger charge is 2.32. The van der Waals surface area contributed by atoms with Crippen molar-refractivity contribution in [3.05, 3.63) is 0 Å². The second-order valence-corrected chi connectivity index (χ2v) is 7.89. The van der Waals surface area contributed by atoms with Crippen molar-refractivity contribution in [3.63, 3.8) is 0 Å². The molecule has 1 saturated carbocycles. The van der Waals surface area contributed by atoms with Crippen LogP contribution in [0.5, 0.6) is 0 Å². The lowest BCUT2D eigenvalue weighted by molar-refractivity contribution is -0.132. The van der Waals surface area contributed by atoms with E-state index >= 15 is 0 Å². The van der Waals surface area contributed by atoms with Gasteiger partial charge in [-0.3, -0.25) is 4.79 Å². The van der Waals surface area contributed by atoms with Crippen LogP contribution >= 0.6 is 11.8 Å². The molecular formula is C14H23N5OS. The Morgan fingerprint density at radius 1 is 1.29 bits per heavy atom. The van der Waals surface area contributed by atoms with E-state index in [1.54, 1.807) is 0 Å². The van der Waals surface area contributed by atoms with Crippen LogP contribution in [-0.4, -0.2) is 49.4 Å². The van der Waals surface area contributed by atoms with Crippen LogP contribution in [0.25, 0.3) is 0 Å². The second kappa shape index (κ2) is 5.94. The molecule has 2 fully saturated rings. The highest BCUT2D eigenvalue weighted by molar-refractivity contribution is 8.00. The number of carbonyl (C=O) groups is 1. The Morgan fingerprint density at radius 2 is 1.95 bits per heavy atom. The third-order valence-corrected chi connectivity index (χ3v) is 5.20. The van der Waals surface area contributed by atoms with Gasteiger partial charge in [-0.2, -0.15) is 0 Å². The average molecular weight is 309 g/mol. The fourth-order valence-corrected chi connectivity index (χ4v) is 4.06. The summed E-state index contributed by atoms with van der Waals surface area (Å²) < 4.78 is 1.87. The number of hydrogen-bond donors (Lipinski definition) is 0. The molecule has 0 N–H and O–H groups in total. The minimum Gasteiger partial charge on any atom is -0.341 e. The van der Waals surface area contributed by atoms with Crippen LogP contribution in [0.4, 0.5) is 0 Å². The number of piperidine rings is 1. The van der Waals surface area contributed by atoms with Gasteiger partial charge < -0.3 is 4.90 Å². The Labute approximate surface area is 129 Å². The number of aromatic nitrogens is 4. The van der Waals surface area contributed by atoms with E-state index in [1.807, 2.05) is 16.5 Å². The maximum Gasteiger partial charge on any atom is 0.235 e. The quantitative estimate of drug-likeness (QED) is 0.796. The Kier molecular flexibility index (Phi) is 4.19. The number of rotatable bonds is 4. The zero-order valence-electron chi connectivity index (χ0n) is 12.9. The van der Waals surface area contributed by atoms with Crippen molar-refractivity contribution in [2.75, 3.05) is 13.1 Å². The highest BCUT2D eigenvalue weighted by Crippen LogP contribution is 2.37. The van der Waals surface area contributed by atoms with Gasteiger partial charge >= 0.3 is 0 Å². The van der Waals surface area contributed by atoms with Gasteiger partial charge in [0.15, 0.2) is 0 Å². The summed E-state index contributed by atoms with van der Waals surface area (Å²) in [6, 6.07) is 0.444. The van der Waals surface area contributed by atoms with Crippen LogP contribution in [0.2, 0.25) is 0 Å². The van der Waals surface area contributed by atoms with E-state index in [9.17, 15) is 4.79 Å². The lowest BCUT2D eigenvalue weighted by atomic mass is 9.92. The summed E-state index contributed by atoms with van der Waals surface area (Å²) in [5.41, 5.74) is 0. The van der Waals surface area contributed by atoms with Crippen molar-refractivity contribution >= 4 is 17.7 Å². The van der Waals surface area contributed by atoms with Gasteiger partial charge in [0.2, 0.25) is 11.1 Å². The van der Waals surface area contributed by atoms with Gasteiger partial charge in [-0.05, 0) is 48.4 Å². The van der Waals surface area contributed by atoms with Gasteiger partial charge in [0.1, 0.15) is 0 Å². The van der Waals surface area contributed by atoms with E-state index in [1.165, 1.54) is 18.2 Å². The number of likely N-dealkylation sites (tertiary alicyclic amines) is 1. The summed E-state index contributed by atoms with van der Waals surface area (Å²) in [4.78, 5) is 14.7. The monoisotopic (exact) mass is 309 g/mol. The van der Waals surface area contributed by atoms with E-state index in [4.69, 9.17) is 0 Å². The Balaban J connectivity index is 1.62. The molecule has 2 heterocycles. The first-order chi connectivity index (χ1) is 10.0. The van der Waals surface area contributed by atoms with E-state index in [0.29, 0.717) is 17.9 Å². The summed E-state index contributed by atoms with van der Waals surface area (Å²) in [7, 11) is 0. The number of thioether (sulfide) groups is 1. The van der Waals surface area contributed by atoms with E-state index in [2.05, 4.69) is 29.4 Å². The standard InChI is InChI=1S/C14H23N5OS/c1-9-6-10(2)8-18(7-9)13(20)11(3)21-14-15-16-17-19(14)12-4-5-12/h9-12H,4-8H2,1-3H3. The summed E-state index contributed by atoms with van der Waals surface area (Å²) >= 11 is 1.49. The molecule has 0 radical (unpaired) electrons. The smallest absolute Gasteiger partial charge is 0.235 e. The van der Waals surface area contributed by atoms with Gasteiger partial charge in [0, 0.05) is 13.1 Å². The maximum atomic E-state index is 12.6. The number of tetrazole rings is 1. The van der Waals surface area contributed by atoms with Crippen molar-refractivity contribution in [1.82, 2.24) is 25.1 Å². The minimum absolute atomic E-state index is 0.133. The zero-order chi connectivity index (χ0) is 15.0. The van der Waals surface area contributed by atoms with Crippen LogP contribution in [-0.2, 0) is 4.79 Å². The lowest BCUT2D eigenvalue weighted by Gasteiger charge is -2.36. The third-order valence-electron chi connectivity index (χ3n) is 4.17. The van der Waals surface area contributed by atoms with Crippen LogP contribution in [0.1, 0.15) is 46.1 Å². The minimum atomic E-state index is -0.133. The first kappa shape index (κ1) is 14.8. The molecule has 0 bridgehead atoms. The van der Waals surface area contributed by atoms with Crippen molar-refractivity contribution in [2.24, 2.45) is 11.8 Å². The van der Waals surface area contributed by atoms with Crippen LogP contribution < -0.4 is 0 Å². The first-order valence-electron chi connectivity index (χ1n) is 7.78. The van der Waals surface area contributed by atoms with Crippen molar-refractivity contribution in [2.45, 2.75) is 56.5 Å². The van der Waals surface area contributed by atoms with Gasteiger partial charge in [-0.25, -0.2) is 4.68 Å². The summed E-state index contributed by atoms with van der Waals surface area (Å²) in [5, 5.41) is 12.5. The predicted octanol–water partition coefficient (Wildman–Crippen LogP) is 1.99. The summed E-state index contributed by atoms with van der Waals surface area (Å²) in [5.74, 6) is 1.39. The van der Waals surface area contributed by atoms with Crippen LogP contribution in [0.3, 0.4) is 0 Å². The third kappa shape index (κ3) is 3.39. The molecule has 3 atom stereocenters. The van der Waals surface area contributed by atoms with Crippen molar-refractivity contribution in [3.8, 4) is 0 Å². The molecule has 1 saturated heterocycles. The Morgan fingerprint density at radius 3 is 2.57 bits per heavy atom. The zero-order valence-corrected chi connectivity index (χ0v) is 13.7. The molecule has 3 rings (SSSR count). The van der Waals surface area contributed by atoms with Crippen LogP contribution in [0.15, 0.2) is 5.16 Å². The number of amides is 1. The van der Waals surface area contributed by atoms with E-state index < -0.39 is 0 Å². The SMILES string of the molecule is CC1CC(C)CN(C(=O)C(C)Sc2nnnn2C2CC2)C1. The van der Waals surface area contributed by atoms with Crippen LogP contribution in [0, 0.1) is 11.8 Å². The number of nitrogens with zero attached hydrogens (tertiary/aromatic N) is 5. The van der Waals surface area contributed by atoms with E-state index in [-0.39, 0.29) is 11.2 Å². The molecule has 21 heavy (non-hydrogen) atoms. The fraction of sp³-hybridized carbons (Fsp3) is 0.857. The highest BCUT2D eigenvalue weighted by atomic mass is 32.2. The molecule has 1 amide bonds. The fourth-order valence-electron chi connectivity index (χ4n) is 3.12. The first-order valence-corrected chi connectivity index (χ1v) is 8.66. The average Bonchev–Trinajstić information content (AvgIpc) is 3.17. The molecule has 116 valence electrons. The number of carbonyl (C=O) groups excluding carboxylic acids is 1. The summed E-state index contributed by atoms with van der Waals surface area (Å²) in [6.07, 6.45) is 3.50. The molecule has 1 aliphatic heterocycles. The normalized spacial score (nSPS) is 27.7. The van der Waals surface area contributed by atoms with Gasteiger partial charge in [0.05, 0.1) is 11.3 Å². The molecule has 1 aromatic heterocycles. The topological polar surface area (TPSA) is 63.9 Å². The van der Waals surface area contributed by atoms with Crippen molar-refractivity contribution < 1.29 is 4.79 Å². The Bertz CT molecular complexity index is 505. The largest absolute Gasteiger partial charge is 0.341 e. The van der Waals surface area contributed by atoms with Gasteiger partial charge in [-0.1, -0.05) is 25.6 Å². The Hall–Kier alpha value is -1.11. The van der Waals surface area contributed by atoms with Gasteiger partial charge in [-0.15, -0.1) is 5.10 Å². The summed E-state index contributed by atoms with van der Waals surface area (Å²) in [6.45, 7) is 8.16. The number of hydrogen-bond acceptors (Lipinski definition) is 5. The van der Waals surface area contributed by atoms with E-state index in [0.717, 1.165) is 31.1 Å². The molecule has 0 spiro atoms.